The molecule has 0 spiro atoms. The Hall–Kier alpha value is -2.97. The second-order valence-electron chi connectivity index (χ2n) is 7.79. The van der Waals surface area contributed by atoms with E-state index in [1.165, 1.54) is 18.5 Å². The normalized spacial score (nSPS) is 15.0. The number of benzene rings is 2. The summed E-state index contributed by atoms with van der Waals surface area (Å²) in [6.07, 6.45) is 3.03. The van der Waals surface area contributed by atoms with E-state index in [0.29, 0.717) is 40.5 Å². The highest BCUT2D eigenvalue weighted by Crippen LogP contribution is 2.37. The van der Waals surface area contributed by atoms with Crippen LogP contribution >= 0.6 is 11.6 Å². The zero-order chi connectivity index (χ0) is 22.7. The van der Waals surface area contributed by atoms with E-state index in [0.717, 1.165) is 25.9 Å². The summed E-state index contributed by atoms with van der Waals surface area (Å²) < 4.78 is 25.4. The minimum absolute atomic E-state index is 0.0122. The van der Waals surface area contributed by atoms with Gasteiger partial charge >= 0.3 is 0 Å². The van der Waals surface area contributed by atoms with Crippen LogP contribution in [0, 0.1) is 5.82 Å². The number of Topliss-reactive ketones (excluding diaryl/α,β-unsaturated/α-hetero) is 1. The number of halogens is 2. The summed E-state index contributed by atoms with van der Waals surface area (Å²) >= 11 is 5.93. The standard InChI is InChI=1S/C23H24ClFN4O3/c1-14(30)12-29-7-5-16(6-8-29)32-21-11-17(31-2)10-20-22(21)23(27-13-26-20)28-15-3-4-19(25)18(24)9-15/h3-4,9-11,13,16H,5-8,12H2,1-2H3,(H,26,27,28). The van der Waals surface area contributed by atoms with E-state index >= 15 is 0 Å². The molecule has 0 saturated carbocycles. The fraction of sp³-hybridized carbons (Fsp3) is 0.348. The second-order valence-corrected chi connectivity index (χ2v) is 8.20. The van der Waals surface area contributed by atoms with Crippen LogP contribution in [0.1, 0.15) is 19.8 Å². The number of piperidine rings is 1. The van der Waals surface area contributed by atoms with Crippen molar-refractivity contribution in [3.05, 3.63) is 47.5 Å². The first-order valence-electron chi connectivity index (χ1n) is 10.4. The van der Waals surface area contributed by atoms with E-state index in [1.807, 2.05) is 12.1 Å². The van der Waals surface area contributed by atoms with E-state index in [1.54, 1.807) is 20.1 Å². The molecule has 3 aromatic rings. The number of ether oxygens (including phenoxy) is 2. The van der Waals surface area contributed by atoms with Crippen molar-refractivity contribution in [2.45, 2.75) is 25.9 Å². The predicted octanol–water partition coefficient (Wildman–Crippen LogP) is 4.61. The highest BCUT2D eigenvalue weighted by atomic mass is 35.5. The molecule has 1 N–H and O–H groups in total. The lowest BCUT2D eigenvalue weighted by Gasteiger charge is -2.31. The van der Waals surface area contributed by atoms with Crippen LogP contribution in [0.15, 0.2) is 36.7 Å². The largest absolute Gasteiger partial charge is 0.497 e. The summed E-state index contributed by atoms with van der Waals surface area (Å²) in [4.78, 5) is 22.3. The number of carbonyl (C=O) groups excluding carboxylic acids is 1. The van der Waals surface area contributed by atoms with Crippen LogP contribution in [0.3, 0.4) is 0 Å². The van der Waals surface area contributed by atoms with Gasteiger partial charge in [0.15, 0.2) is 0 Å². The fourth-order valence-electron chi connectivity index (χ4n) is 3.83. The number of nitrogens with one attached hydrogen (secondary N) is 1. The van der Waals surface area contributed by atoms with Crippen molar-refractivity contribution in [3.63, 3.8) is 0 Å². The number of nitrogens with zero attached hydrogens (tertiary/aromatic N) is 3. The lowest BCUT2D eigenvalue weighted by atomic mass is 10.1. The summed E-state index contributed by atoms with van der Waals surface area (Å²) in [6.45, 7) is 3.66. The zero-order valence-corrected chi connectivity index (χ0v) is 18.7. The van der Waals surface area contributed by atoms with Gasteiger partial charge in [-0.25, -0.2) is 14.4 Å². The minimum atomic E-state index is -0.491. The van der Waals surface area contributed by atoms with Gasteiger partial charge in [0.1, 0.15) is 41.3 Å². The first-order chi connectivity index (χ1) is 15.4. The molecule has 32 heavy (non-hydrogen) atoms. The van der Waals surface area contributed by atoms with Crippen LogP contribution in [0.25, 0.3) is 10.9 Å². The number of anilines is 2. The average Bonchev–Trinajstić information content (AvgIpc) is 2.77. The van der Waals surface area contributed by atoms with Gasteiger partial charge in [0, 0.05) is 30.9 Å². The molecule has 1 aliphatic heterocycles. The third kappa shape index (κ3) is 5.08. The molecule has 2 heterocycles. The molecule has 168 valence electrons. The van der Waals surface area contributed by atoms with Crippen molar-refractivity contribution in [1.29, 1.82) is 0 Å². The minimum Gasteiger partial charge on any atom is -0.497 e. The summed E-state index contributed by atoms with van der Waals surface area (Å²) in [5.74, 6) is 1.41. The molecule has 0 aliphatic carbocycles. The summed E-state index contributed by atoms with van der Waals surface area (Å²) in [6, 6.07) is 8.01. The summed E-state index contributed by atoms with van der Waals surface area (Å²) in [5.41, 5.74) is 1.25. The van der Waals surface area contributed by atoms with Gasteiger partial charge in [-0.2, -0.15) is 0 Å². The zero-order valence-electron chi connectivity index (χ0n) is 17.9. The second kappa shape index (κ2) is 9.67. The van der Waals surface area contributed by atoms with Gasteiger partial charge in [-0.05, 0) is 38.0 Å². The van der Waals surface area contributed by atoms with Gasteiger partial charge < -0.3 is 14.8 Å². The van der Waals surface area contributed by atoms with Crippen molar-refractivity contribution in [1.82, 2.24) is 14.9 Å². The third-order valence-corrected chi connectivity index (χ3v) is 5.66. The Morgan fingerprint density at radius 2 is 2.03 bits per heavy atom. The van der Waals surface area contributed by atoms with Crippen LogP contribution < -0.4 is 14.8 Å². The number of rotatable bonds is 7. The smallest absolute Gasteiger partial charge is 0.145 e. The number of hydrogen-bond acceptors (Lipinski definition) is 7. The molecule has 1 fully saturated rings. The Balaban J connectivity index is 1.63. The first kappa shape index (κ1) is 22.2. The van der Waals surface area contributed by atoms with Crippen LogP contribution in [0.2, 0.25) is 5.02 Å². The van der Waals surface area contributed by atoms with Gasteiger partial charge in [0.2, 0.25) is 0 Å². The van der Waals surface area contributed by atoms with Crippen molar-refractivity contribution >= 4 is 39.8 Å². The van der Waals surface area contributed by atoms with Crippen LogP contribution in [-0.2, 0) is 4.79 Å². The molecule has 9 heteroatoms. The van der Waals surface area contributed by atoms with Gasteiger partial charge in [0.05, 0.1) is 29.6 Å². The molecule has 0 amide bonds. The quantitative estimate of drug-likeness (QED) is 0.554. The Morgan fingerprint density at radius 1 is 1.25 bits per heavy atom. The monoisotopic (exact) mass is 458 g/mol. The van der Waals surface area contributed by atoms with Crippen molar-refractivity contribution in [3.8, 4) is 11.5 Å². The van der Waals surface area contributed by atoms with E-state index in [4.69, 9.17) is 21.1 Å². The molecule has 0 atom stereocenters. The molecule has 0 bridgehead atoms. The van der Waals surface area contributed by atoms with Crippen LogP contribution in [-0.4, -0.2) is 53.5 Å². The summed E-state index contributed by atoms with van der Waals surface area (Å²) in [5, 5.41) is 3.90. The topological polar surface area (TPSA) is 76.6 Å². The number of fused-ring (bicyclic) bond motifs is 1. The molecule has 1 aliphatic rings. The average molecular weight is 459 g/mol. The highest BCUT2D eigenvalue weighted by molar-refractivity contribution is 6.31. The lowest BCUT2D eigenvalue weighted by molar-refractivity contribution is -0.118. The van der Waals surface area contributed by atoms with E-state index in [2.05, 4.69) is 20.2 Å². The molecule has 1 saturated heterocycles. The van der Waals surface area contributed by atoms with Crippen LogP contribution in [0.4, 0.5) is 15.9 Å². The molecule has 0 unspecified atom stereocenters. The third-order valence-electron chi connectivity index (χ3n) is 5.37. The maximum atomic E-state index is 13.6. The van der Waals surface area contributed by atoms with Crippen molar-refractivity contribution < 1.29 is 18.7 Å². The maximum Gasteiger partial charge on any atom is 0.145 e. The molecular formula is C23H24ClFN4O3. The van der Waals surface area contributed by atoms with Gasteiger partial charge in [0.25, 0.3) is 0 Å². The van der Waals surface area contributed by atoms with Gasteiger partial charge in [-0.3, -0.25) is 9.69 Å². The number of aromatic nitrogens is 2. The number of likely N-dealkylation sites (tertiary alicyclic amines) is 1. The Morgan fingerprint density at radius 3 is 2.72 bits per heavy atom. The Kier molecular flexibility index (Phi) is 6.72. The number of methoxy groups -OCH3 is 1. The molecule has 2 aromatic carbocycles. The number of carbonyl (C=O) groups is 1. The van der Waals surface area contributed by atoms with Crippen molar-refractivity contribution in [2.24, 2.45) is 0 Å². The van der Waals surface area contributed by atoms with Crippen molar-refractivity contribution in [2.75, 3.05) is 32.1 Å². The van der Waals surface area contributed by atoms with E-state index in [9.17, 15) is 9.18 Å². The molecule has 1 aromatic heterocycles. The van der Waals surface area contributed by atoms with E-state index in [-0.39, 0.29) is 16.9 Å². The Labute approximate surface area is 190 Å². The predicted molar refractivity (Wildman–Crippen MR) is 122 cm³/mol. The Bertz CT molecular complexity index is 1140. The molecule has 4 rings (SSSR count). The molecule has 7 nitrogen and oxygen atoms in total. The summed E-state index contributed by atoms with van der Waals surface area (Å²) in [7, 11) is 1.59. The number of ketones is 1. The molecule has 0 radical (unpaired) electrons. The maximum absolute atomic E-state index is 13.6. The van der Waals surface area contributed by atoms with Gasteiger partial charge in [-0.1, -0.05) is 11.6 Å². The SMILES string of the molecule is COc1cc(OC2CCN(CC(C)=O)CC2)c2c(Nc3ccc(F)c(Cl)c3)ncnc2c1. The highest BCUT2D eigenvalue weighted by Gasteiger charge is 2.23. The van der Waals surface area contributed by atoms with E-state index < -0.39 is 5.82 Å². The first-order valence-corrected chi connectivity index (χ1v) is 10.7. The fourth-order valence-corrected chi connectivity index (χ4v) is 4.01. The lowest BCUT2D eigenvalue weighted by Crippen LogP contribution is -2.40. The van der Waals surface area contributed by atoms with Crippen LogP contribution in [0.5, 0.6) is 11.5 Å². The molecular weight excluding hydrogens is 435 g/mol. The number of hydrogen-bond donors (Lipinski definition) is 1. The van der Waals surface area contributed by atoms with Gasteiger partial charge in [-0.15, -0.1) is 0 Å².